The molecule has 38 heteroatoms. The normalized spacial score (nSPS) is 19.7. The minimum Gasteiger partial charge on any atom is -0.370 e. The summed E-state index contributed by atoms with van der Waals surface area (Å²) in [5.74, 6) is -14.0. The third-order valence-corrected chi connectivity index (χ3v) is 19.1. The molecule has 1 aliphatic heterocycles. The summed E-state index contributed by atoms with van der Waals surface area (Å²) in [5, 5.41) is 37.8. The monoisotopic (exact) mass is 1630 g/mol. The topological polar surface area (TPSA) is 631 Å². The summed E-state index contributed by atoms with van der Waals surface area (Å²) in [4.78, 5) is 218. The zero-order valence-electron chi connectivity index (χ0n) is 70.6. The minimum absolute atomic E-state index is 0.00660. The molecule has 1 aliphatic rings. The fourth-order valence-electron chi connectivity index (χ4n) is 12.6. The Bertz CT molecular complexity index is 3290. The Hall–Kier alpha value is -9.75. The van der Waals surface area contributed by atoms with Crippen LogP contribution in [0.5, 0.6) is 0 Å². The lowest BCUT2D eigenvalue weighted by molar-refractivity contribution is -0.138. The number of nitrogens with two attached hydrogens (primary N) is 7. The summed E-state index contributed by atoms with van der Waals surface area (Å²) >= 11 is 0. The molecule has 28 N–H and O–H groups in total. The van der Waals surface area contributed by atoms with Gasteiger partial charge in [-0.15, -0.1) is 0 Å². The van der Waals surface area contributed by atoms with Gasteiger partial charge in [0.2, 0.25) is 88.6 Å². The van der Waals surface area contributed by atoms with Gasteiger partial charge in [-0.3, -0.25) is 81.9 Å². The average Bonchev–Trinajstić information content (AvgIpc) is 1.02. The van der Waals surface area contributed by atoms with Crippen molar-refractivity contribution in [3.63, 3.8) is 0 Å². The van der Waals surface area contributed by atoms with Crippen LogP contribution in [0.15, 0.2) is 22.1 Å². The molecule has 0 fully saturated rings. The van der Waals surface area contributed by atoms with Crippen LogP contribution >= 0.6 is 0 Å². The number of carbonyl (C=O) groups is 15. The van der Waals surface area contributed by atoms with Crippen molar-refractivity contribution in [2.45, 2.75) is 297 Å². The molecule has 654 valence electrons. The van der Waals surface area contributed by atoms with Gasteiger partial charge in [-0.2, -0.15) is 0 Å². The summed E-state index contributed by atoms with van der Waals surface area (Å²) in [6, 6.07) is -12.5. The predicted molar refractivity (Wildman–Crippen MR) is 439 cm³/mol. The van der Waals surface area contributed by atoms with Crippen molar-refractivity contribution in [3.8, 4) is 0 Å². The Morgan fingerprint density at radius 3 is 1.39 bits per heavy atom. The molecule has 12 atom stereocenters. The fraction of sp³-hybridized carbons (Fsp3) is 0.753. The largest absolute Gasteiger partial charge is 0.370 e. The Labute approximate surface area is 678 Å². The summed E-state index contributed by atoms with van der Waals surface area (Å²) in [5.41, 5.74) is 36.4. The first-order chi connectivity index (χ1) is 53.8. The van der Waals surface area contributed by atoms with Crippen LogP contribution in [0.1, 0.15) is 226 Å². The molecule has 1 rings (SSSR count). The minimum atomic E-state index is -1.76. The summed E-state index contributed by atoms with van der Waals surface area (Å²) in [6.07, 6.45) is 8.02. The SMILES string of the molecule is CC(=O)N[C@@H](CCCCN)C(=O)N[C@H](C(=O)N[C@@H](CC(C)C)C(=O)NCC(=O)N[C@@H](CCCN=C(N)N)C(=O)N[C@@H](CC(C)C)C(=O)N[C@H](C(=O)N[C@@H](CCCCN)C(=O)N[C@H](C(=O)N[C@@]1(C)CCC/C=C\CCC[C@@](C)(C(N)=O)NC(=O)[C@H](CC(C)C)NC(=O)[C@H](CCCN=C(N)N)NC(=O)CNC1=O)C(C)C)C(C)C)C(C)C. The number of nitrogens with zero attached hydrogens (tertiary/aromatic N) is 2. The van der Waals surface area contributed by atoms with E-state index in [0.717, 1.165) is 0 Å². The van der Waals surface area contributed by atoms with Crippen molar-refractivity contribution in [1.82, 2.24) is 74.4 Å². The summed E-state index contributed by atoms with van der Waals surface area (Å²) in [7, 11) is 0. The number of aliphatic imine (C=N–C) groups is 2. The molecule has 0 aliphatic carbocycles. The molecule has 0 saturated carbocycles. The highest BCUT2D eigenvalue weighted by Crippen LogP contribution is 2.21. The number of carbonyl (C=O) groups excluding carboxylic acids is 15. The van der Waals surface area contributed by atoms with Crippen molar-refractivity contribution in [2.24, 2.45) is 85.6 Å². The number of unbranched alkanes of at least 4 members (excludes halogenated alkanes) is 2. The van der Waals surface area contributed by atoms with Gasteiger partial charge in [-0.05, 0) is 184 Å². The second-order valence-electron chi connectivity index (χ2n) is 32.4. The van der Waals surface area contributed by atoms with Gasteiger partial charge in [0.05, 0.1) is 13.1 Å². The average molecular weight is 1630 g/mol. The molecule has 38 nitrogen and oxygen atoms in total. The molecular weight excluding hydrogens is 1490 g/mol. The lowest BCUT2D eigenvalue weighted by Crippen LogP contribution is -2.64. The van der Waals surface area contributed by atoms with E-state index in [1.165, 1.54) is 20.8 Å². The van der Waals surface area contributed by atoms with Crippen molar-refractivity contribution < 1.29 is 71.9 Å². The fourth-order valence-corrected chi connectivity index (χ4v) is 12.6. The third-order valence-electron chi connectivity index (χ3n) is 19.1. The van der Waals surface area contributed by atoms with E-state index in [9.17, 15) is 71.9 Å². The van der Waals surface area contributed by atoms with Gasteiger partial charge >= 0.3 is 0 Å². The lowest BCUT2D eigenvalue weighted by Gasteiger charge is -2.33. The highest BCUT2D eigenvalue weighted by Gasteiger charge is 2.42. The zero-order valence-corrected chi connectivity index (χ0v) is 70.6. The molecule has 15 amide bonds. The first kappa shape index (κ1) is 103. The number of allylic oxidation sites excluding steroid dienone is 2. The smallest absolute Gasteiger partial charge is 0.245 e. The van der Waals surface area contributed by atoms with Gasteiger partial charge in [0.25, 0.3) is 0 Å². The van der Waals surface area contributed by atoms with Crippen LogP contribution in [-0.2, 0) is 71.9 Å². The molecule has 0 unspecified atom stereocenters. The predicted octanol–water partition coefficient (Wildman–Crippen LogP) is -2.30. The van der Waals surface area contributed by atoms with Crippen LogP contribution in [0.25, 0.3) is 0 Å². The maximum Gasteiger partial charge on any atom is 0.245 e. The molecule has 0 spiro atoms. The maximum absolute atomic E-state index is 14.8. The Balaban J connectivity index is 3.67. The van der Waals surface area contributed by atoms with Crippen LogP contribution in [0, 0.1) is 35.5 Å². The second kappa shape index (κ2) is 53.4. The van der Waals surface area contributed by atoms with E-state index in [0.29, 0.717) is 57.9 Å². The third kappa shape index (κ3) is 40.9. The molecule has 0 aromatic carbocycles. The molecule has 0 saturated heterocycles. The lowest BCUT2D eigenvalue weighted by atomic mass is 9.91. The zero-order chi connectivity index (χ0) is 87.5. The number of hydrogen-bond acceptors (Lipinski definition) is 19. The van der Waals surface area contributed by atoms with Crippen molar-refractivity contribution >= 4 is 101 Å². The first-order valence-corrected chi connectivity index (χ1v) is 40.5. The van der Waals surface area contributed by atoms with E-state index < -0.39 is 191 Å². The first-order valence-electron chi connectivity index (χ1n) is 40.5. The highest BCUT2D eigenvalue weighted by molar-refractivity contribution is 6.01. The van der Waals surface area contributed by atoms with Crippen molar-refractivity contribution in [3.05, 3.63) is 12.2 Å². The van der Waals surface area contributed by atoms with E-state index >= 15 is 0 Å². The summed E-state index contributed by atoms with van der Waals surface area (Å²) < 4.78 is 0. The number of amides is 15. The van der Waals surface area contributed by atoms with Gasteiger partial charge in [0, 0.05) is 20.0 Å². The number of primary amides is 1. The molecule has 0 radical (unpaired) electrons. The molecule has 0 aromatic heterocycles. The number of rotatable bonds is 45. The molecule has 0 bridgehead atoms. The van der Waals surface area contributed by atoms with E-state index in [-0.39, 0.29) is 120 Å². The number of hydrogen-bond donors (Lipinski definition) is 21. The number of guanidine groups is 2. The second-order valence-corrected chi connectivity index (χ2v) is 32.4. The molecule has 1 heterocycles. The standard InChI is InChI=1S/C77H141N23O15/c1-43(2)38-54(95-70(112)60(47(9)10)96-65(107)50(89-49(13)101)28-20-24-34-78)62(104)87-41-57(102)90-51(30-26-36-85-74(81)82)63(105)93-55(39-44(3)4)67(109)97-59(46(7)8)69(111)92-53(29-21-25-35-79)66(108)98-61(48(11)12)71(113)100-77(15)33-23-19-17-16-18-22-32-76(14,72(80)114)99-68(110)56(40-45(5)6)94-64(106)52(31-27-37-86-75(83)84)91-58(103)42-88-73(77)115/h16-17,43-48,50-56,59-61H,18-42,78-79H2,1-15H3,(H2,80,114)(H,87,104)(H,88,115)(H,89,101)(H,90,102)(H,91,103)(H,92,111)(H,93,105)(H,94,106)(H,95,112)(H,96,107)(H,97,109)(H,98,108)(H,99,110)(H,100,113)(H4,81,82,85)(H4,83,84,86)/b17-16-/t50-,51-,52-,53-,54-,55-,56-,59-,60-,61-,76-,77-/m0/s1. The van der Waals surface area contributed by atoms with E-state index in [1.807, 2.05) is 39.8 Å². The van der Waals surface area contributed by atoms with Gasteiger partial charge in [-0.25, -0.2) is 0 Å². The highest BCUT2D eigenvalue weighted by atomic mass is 16.2. The summed E-state index contributed by atoms with van der Waals surface area (Å²) in [6.45, 7) is 24.4. The Kier molecular flexibility index (Phi) is 48.0. The Morgan fingerprint density at radius 1 is 0.487 bits per heavy atom. The van der Waals surface area contributed by atoms with E-state index in [2.05, 4.69) is 84.4 Å². The quantitative estimate of drug-likeness (QED) is 0.0132. The van der Waals surface area contributed by atoms with Gasteiger partial charge in [0.1, 0.15) is 71.5 Å². The maximum atomic E-state index is 14.8. The van der Waals surface area contributed by atoms with Crippen molar-refractivity contribution in [1.29, 1.82) is 0 Å². The molecule has 115 heavy (non-hydrogen) atoms. The molecule has 0 aromatic rings. The van der Waals surface area contributed by atoms with Crippen LogP contribution in [0.3, 0.4) is 0 Å². The van der Waals surface area contributed by atoms with Crippen LogP contribution < -0.4 is 115 Å². The van der Waals surface area contributed by atoms with E-state index in [4.69, 9.17) is 40.1 Å². The van der Waals surface area contributed by atoms with Crippen molar-refractivity contribution in [2.75, 3.05) is 39.3 Å². The Morgan fingerprint density at radius 2 is 0.922 bits per heavy atom. The van der Waals surface area contributed by atoms with Gasteiger partial charge in [-0.1, -0.05) is 95.2 Å². The van der Waals surface area contributed by atoms with Gasteiger partial charge in [0.15, 0.2) is 11.9 Å². The van der Waals surface area contributed by atoms with Crippen LogP contribution in [0.4, 0.5) is 0 Å². The van der Waals surface area contributed by atoms with Crippen LogP contribution in [-0.4, -0.2) is 211 Å². The number of nitrogens with one attached hydrogen (secondary N) is 14. The van der Waals surface area contributed by atoms with Crippen LogP contribution in [0.2, 0.25) is 0 Å². The molecular formula is C77H141N23O15. The van der Waals surface area contributed by atoms with E-state index in [1.54, 1.807) is 55.4 Å². The van der Waals surface area contributed by atoms with Gasteiger partial charge < -0.3 is 115 Å².